The van der Waals surface area contributed by atoms with E-state index in [9.17, 15) is 4.39 Å². The molecule has 2 aromatic heterocycles. The van der Waals surface area contributed by atoms with E-state index in [-0.39, 0.29) is 16.5 Å². The molecule has 0 amide bonds. The van der Waals surface area contributed by atoms with E-state index in [2.05, 4.69) is 31.1 Å². The van der Waals surface area contributed by atoms with Gasteiger partial charge in [0, 0.05) is 10.7 Å². The largest absolute Gasteiger partial charge is 0.383 e. The van der Waals surface area contributed by atoms with Gasteiger partial charge in [0.1, 0.15) is 12.1 Å². The number of rotatable bonds is 2. The molecule has 0 saturated heterocycles. The molecule has 0 spiro atoms. The second kappa shape index (κ2) is 5.42. The smallest absolute Gasteiger partial charge is 0.173 e. The van der Waals surface area contributed by atoms with Gasteiger partial charge >= 0.3 is 0 Å². The molecule has 5 nitrogen and oxygen atoms in total. The second-order valence-corrected chi connectivity index (χ2v) is 5.41. The quantitative estimate of drug-likeness (QED) is 0.752. The van der Waals surface area contributed by atoms with E-state index < -0.39 is 5.82 Å². The number of nitrogens with zero attached hydrogens (tertiary/aromatic N) is 4. The van der Waals surface area contributed by atoms with Crippen LogP contribution in [0.3, 0.4) is 0 Å². The molecule has 0 radical (unpaired) electrons. The first-order chi connectivity index (χ1) is 10.1. The van der Waals surface area contributed by atoms with Crippen molar-refractivity contribution in [1.82, 2.24) is 19.7 Å². The average molecular weight is 369 g/mol. The van der Waals surface area contributed by atoms with E-state index in [0.717, 1.165) is 0 Å². The fourth-order valence-corrected chi connectivity index (χ4v) is 2.60. The summed E-state index contributed by atoms with van der Waals surface area (Å²) in [5, 5.41) is 7.85. The van der Waals surface area contributed by atoms with Gasteiger partial charge in [-0.15, -0.1) is 10.2 Å². The maximum atomic E-state index is 14.2. The summed E-state index contributed by atoms with van der Waals surface area (Å²) in [5.74, 6) is 0.0773. The van der Waals surface area contributed by atoms with Crippen molar-refractivity contribution in [3.63, 3.8) is 0 Å². The number of nitrogen functional groups attached to an aromatic ring is 1. The van der Waals surface area contributed by atoms with Crippen LogP contribution < -0.4 is 5.73 Å². The number of halogens is 3. The first kappa shape index (κ1) is 14.0. The minimum Gasteiger partial charge on any atom is -0.383 e. The van der Waals surface area contributed by atoms with Crippen molar-refractivity contribution in [2.75, 3.05) is 5.73 Å². The summed E-state index contributed by atoms with van der Waals surface area (Å²) < 4.78 is 16.4. The summed E-state index contributed by atoms with van der Waals surface area (Å²) >= 11 is 9.20. The first-order valence-electron chi connectivity index (χ1n) is 5.84. The predicted molar refractivity (Wildman–Crippen MR) is 81.7 cm³/mol. The number of pyridine rings is 1. The lowest BCUT2D eigenvalue weighted by Crippen LogP contribution is -2.03. The zero-order valence-electron chi connectivity index (χ0n) is 10.5. The molecule has 0 bridgehead atoms. The number of aromatic nitrogens is 4. The molecule has 0 aliphatic carbocycles. The third-order valence-corrected chi connectivity index (χ3v) is 3.84. The second-order valence-electron chi connectivity index (χ2n) is 4.15. The maximum absolute atomic E-state index is 14.2. The number of hydrogen-bond donors (Lipinski definition) is 1. The van der Waals surface area contributed by atoms with Crippen molar-refractivity contribution in [2.45, 2.75) is 0 Å². The number of hydrogen-bond acceptors (Lipinski definition) is 4. The maximum Gasteiger partial charge on any atom is 0.173 e. The van der Waals surface area contributed by atoms with Crippen molar-refractivity contribution >= 4 is 33.3 Å². The van der Waals surface area contributed by atoms with Crippen molar-refractivity contribution in [2.24, 2.45) is 0 Å². The van der Waals surface area contributed by atoms with E-state index in [0.29, 0.717) is 15.9 Å². The highest BCUT2D eigenvalue weighted by atomic mass is 79.9. The molecule has 2 heterocycles. The lowest BCUT2D eigenvalue weighted by molar-refractivity contribution is 0.619. The van der Waals surface area contributed by atoms with Gasteiger partial charge in [0.15, 0.2) is 11.6 Å². The summed E-state index contributed by atoms with van der Waals surface area (Å²) in [5.41, 5.74) is 6.66. The van der Waals surface area contributed by atoms with Gasteiger partial charge in [-0.3, -0.25) is 4.57 Å². The van der Waals surface area contributed by atoms with Gasteiger partial charge in [0.2, 0.25) is 0 Å². The van der Waals surface area contributed by atoms with Crippen LogP contribution in [0.5, 0.6) is 0 Å². The Kier molecular flexibility index (Phi) is 3.60. The molecule has 0 saturated carbocycles. The molecule has 0 unspecified atom stereocenters. The summed E-state index contributed by atoms with van der Waals surface area (Å²) in [6, 6.07) is 6.42. The lowest BCUT2D eigenvalue weighted by atomic mass is 10.2. The SMILES string of the molecule is Nc1nccc(Br)c1-c1nncn1-c1cccc(Cl)c1F. The van der Waals surface area contributed by atoms with Gasteiger partial charge in [-0.1, -0.05) is 17.7 Å². The van der Waals surface area contributed by atoms with Gasteiger partial charge in [-0.05, 0) is 34.1 Å². The van der Waals surface area contributed by atoms with Crippen LogP contribution in [0.15, 0.2) is 41.3 Å². The minimum atomic E-state index is -0.557. The van der Waals surface area contributed by atoms with Crippen LogP contribution in [0.25, 0.3) is 17.1 Å². The molecule has 0 aliphatic rings. The van der Waals surface area contributed by atoms with Gasteiger partial charge < -0.3 is 5.73 Å². The fraction of sp³-hybridized carbons (Fsp3) is 0. The van der Waals surface area contributed by atoms with Gasteiger partial charge in [-0.2, -0.15) is 0 Å². The monoisotopic (exact) mass is 367 g/mol. The van der Waals surface area contributed by atoms with Crippen LogP contribution in [-0.4, -0.2) is 19.7 Å². The Bertz CT molecular complexity index is 800. The third-order valence-electron chi connectivity index (χ3n) is 2.89. The molecule has 2 N–H and O–H groups in total. The summed E-state index contributed by atoms with van der Waals surface area (Å²) in [6.45, 7) is 0. The Hall–Kier alpha value is -1.99. The Morgan fingerprint density at radius 1 is 1.29 bits per heavy atom. The van der Waals surface area contributed by atoms with Crippen LogP contribution >= 0.6 is 27.5 Å². The molecule has 1 aromatic carbocycles. The highest BCUT2D eigenvalue weighted by molar-refractivity contribution is 9.10. The zero-order chi connectivity index (χ0) is 15.0. The highest BCUT2D eigenvalue weighted by Gasteiger charge is 2.18. The molecule has 3 aromatic rings. The molecule has 3 rings (SSSR count). The minimum absolute atomic E-state index is 0.0189. The standard InChI is InChI=1S/C13H8BrClFN5/c14-7-4-5-18-12(17)10(7)13-20-19-6-21(13)9-3-1-2-8(15)11(9)16/h1-6H,(H2,17,18). The Labute approximate surface area is 132 Å². The Balaban J connectivity index is 2.25. The first-order valence-corrected chi connectivity index (χ1v) is 7.01. The van der Waals surface area contributed by atoms with E-state index in [1.807, 2.05) is 0 Å². The van der Waals surface area contributed by atoms with Crippen LogP contribution in [0.2, 0.25) is 5.02 Å². The van der Waals surface area contributed by atoms with Gasteiger partial charge in [0.25, 0.3) is 0 Å². The predicted octanol–water partition coefficient (Wildman–Crippen LogP) is 3.47. The van der Waals surface area contributed by atoms with Crippen LogP contribution in [0.4, 0.5) is 10.2 Å². The molecule has 0 atom stereocenters. The van der Waals surface area contributed by atoms with Crippen molar-refractivity contribution in [3.05, 3.63) is 52.1 Å². The lowest BCUT2D eigenvalue weighted by Gasteiger charge is -2.10. The van der Waals surface area contributed by atoms with Gasteiger partial charge in [-0.25, -0.2) is 9.37 Å². The van der Waals surface area contributed by atoms with E-state index in [1.165, 1.54) is 17.0 Å². The number of anilines is 1. The van der Waals surface area contributed by atoms with Crippen molar-refractivity contribution in [3.8, 4) is 17.1 Å². The Morgan fingerprint density at radius 3 is 2.86 bits per heavy atom. The Morgan fingerprint density at radius 2 is 2.10 bits per heavy atom. The molecule has 106 valence electrons. The van der Waals surface area contributed by atoms with Crippen molar-refractivity contribution in [1.29, 1.82) is 0 Å². The highest BCUT2D eigenvalue weighted by Crippen LogP contribution is 2.33. The number of nitrogens with two attached hydrogens (primary N) is 1. The molecule has 8 heteroatoms. The summed E-state index contributed by atoms with van der Waals surface area (Å²) in [6.07, 6.45) is 2.95. The molecule has 0 aliphatic heterocycles. The van der Waals surface area contributed by atoms with Crippen LogP contribution in [0.1, 0.15) is 0 Å². The topological polar surface area (TPSA) is 69.6 Å². The zero-order valence-corrected chi connectivity index (χ0v) is 12.8. The molecular weight excluding hydrogens is 361 g/mol. The summed E-state index contributed by atoms with van der Waals surface area (Å²) in [7, 11) is 0. The average Bonchev–Trinajstić information content (AvgIpc) is 2.91. The van der Waals surface area contributed by atoms with E-state index in [4.69, 9.17) is 17.3 Å². The van der Waals surface area contributed by atoms with E-state index in [1.54, 1.807) is 24.4 Å². The van der Waals surface area contributed by atoms with Crippen LogP contribution in [0, 0.1) is 5.82 Å². The third kappa shape index (κ3) is 2.38. The molecule has 21 heavy (non-hydrogen) atoms. The summed E-state index contributed by atoms with van der Waals surface area (Å²) in [4.78, 5) is 4.02. The molecule has 0 fully saturated rings. The van der Waals surface area contributed by atoms with Crippen molar-refractivity contribution < 1.29 is 4.39 Å². The van der Waals surface area contributed by atoms with Crippen LogP contribution in [-0.2, 0) is 0 Å². The molecular formula is C13H8BrClFN5. The number of benzene rings is 1. The van der Waals surface area contributed by atoms with Gasteiger partial charge in [0.05, 0.1) is 16.3 Å². The fourth-order valence-electron chi connectivity index (χ4n) is 1.93. The van der Waals surface area contributed by atoms with E-state index >= 15 is 0 Å². The normalized spacial score (nSPS) is 10.8.